The Morgan fingerprint density at radius 3 is 1.47 bits per heavy atom. The lowest BCUT2D eigenvalue weighted by Gasteiger charge is -2.19. The second-order valence-corrected chi connectivity index (χ2v) is 15.7. The van der Waals surface area contributed by atoms with Gasteiger partial charge in [0.05, 0.1) is 13.2 Å². The summed E-state index contributed by atoms with van der Waals surface area (Å²) in [4.78, 5) is 34.8. The van der Waals surface area contributed by atoms with Crippen LogP contribution >= 0.6 is 7.82 Å². The van der Waals surface area contributed by atoms with Crippen LogP contribution in [0.5, 0.6) is 0 Å². The average Bonchev–Trinajstić information content (AvgIpc) is 3.14. The third-order valence-electron chi connectivity index (χ3n) is 9.00. The molecule has 53 heavy (non-hydrogen) atoms. The van der Waals surface area contributed by atoms with Gasteiger partial charge in [0, 0.05) is 19.4 Å². The standard InChI is InChI=1S/C43H80NO8P/c1-3-5-7-9-11-13-15-17-19-20-21-22-24-26-28-30-32-34-36-43(46)52-41(40-51-53(47,48)50-38-37-44)39-49-42(45)35-33-31-29-27-25-23-18-16-14-12-10-8-6-4-2/h13,15-16,18-20,41H,3-12,14,17,21-40,44H2,1-2H3,(H,47,48)/b15-13-,18-16-,20-19-. The first kappa shape index (κ1) is 51.2. The molecule has 0 saturated carbocycles. The molecule has 9 nitrogen and oxygen atoms in total. The lowest BCUT2D eigenvalue weighted by atomic mass is 10.1. The molecule has 0 aliphatic rings. The van der Waals surface area contributed by atoms with Crippen molar-refractivity contribution in [3.05, 3.63) is 36.5 Å². The van der Waals surface area contributed by atoms with Crippen molar-refractivity contribution in [1.29, 1.82) is 0 Å². The van der Waals surface area contributed by atoms with E-state index in [1.165, 1.54) is 89.9 Å². The van der Waals surface area contributed by atoms with Gasteiger partial charge >= 0.3 is 19.8 Å². The highest BCUT2D eigenvalue weighted by molar-refractivity contribution is 7.47. The van der Waals surface area contributed by atoms with Crippen LogP contribution in [0.25, 0.3) is 0 Å². The third kappa shape index (κ3) is 39.7. The fourth-order valence-corrected chi connectivity index (χ4v) is 6.54. The zero-order valence-corrected chi connectivity index (χ0v) is 34.9. The summed E-state index contributed by atoms with van der Waals surface area (Å²) in [5.74, 6) is -0.846. The van der Waals surface area contributed by atoms with Crippen molar-refractivity contribution in [3.8, 4) is 0 Å². The van der Waals surface area contributed by atoms with Gasteiger partial charge in [-0.1, -0.05) is 147 Å². The summed E-state index contributed by atoms with van der Waals surface area (Å²) in [6.45, 7) is 3.69. The van der Waals surface area contributed by atoms with Gasteiger partial charge in [0.1, 0.15) is 6.61 Å². The van der Waals surface area contributed by atoms with Crippen molar-refractivity contribution < 1.29 is 37.6 Å². The predicted octanol–water partition coefficient (Wildman–Crippen LogP) is 12.2. The molecule has 3 N–H and O–H groups in total. The van der Waals surface area contributed by atoms with E-state index in [4.69, 9.17) is 24.3 Å². The normalized spacial score (nSPS) is 13.7. The molecule has 0 bridgehead atoms. The van der Waals surface area contributed by atoms with E-state index in [9.17, 15) is 19.0 Å². The number of ether oxygens (including phenoxy) is 2. The highest BCUT2D eigenvalue weighted by Gasteiger charge is 2.26. The summed E-state index contributed by atoms with van der Waals surface area (Å²) in [6.07, 6.45) is 43.1. The molecule has 0 aromatic rings. The van der Waals surface area contributed by atoms with Crippen LogP contribution in [0.3, 0.4) is 0 Å². The first-order chi connectivity index (χ1) is 25.8. The molecule has 0 spiro atoms. The van der Waals surface area contributed by atoms with Crippen molar-refractivity contribution >= 4 is 19.8 Å². The van der Waals surface area contributed by atoms with Crippen molar-refractivity contribution in [3.63, 3.8) is 0 Å². The minimum Gasteiger partial charge on any atom is -0.462 e. The van der Waals surface area contributed by atoms with Crippen LogP contribution < -0.4 is 5.73 Å². The smallest absolute Gasteiger partial charge is 0.462 e. The quantitative estimate of drug-likeness (QED) is 0.0270. The summed E-state index contributed by atoms with van der Waals surface area (Å²) in [6, 6.07) is 0. The number of carbonyl (C=O) groups excluding carboxylic acids is 2. The van der Waals surface area contributed by atoms with Crippen LogP contribution in [-0.4, -0.2) is 49.3 Å². The number of phosphoric acid groups is 1. The molecule has 0 aliphatic heterocycles. The Morgan fingerprint density at radius 1 is 0.566 bits per heavy atom. The minimum absolute atomic E-state index is 0.0506. The molecule has 310 valence electrons. The van der Waals surface area contributed by atoms with Gasteiger partial charge in [0.15, 0.2) is 6.10 Å². The predicted molar refractivity (Wildman–Crippen MR) is 220 cm³/mol. The molecule has 0 rings (SSSR count). The maximum atomic E-state index is 12.6. The fourth-order valence-electron chi connectivity index (χ4n) is 5.78. The first-order valence-electron chi connectivity index (χ1n) is 21.5. The molecule has 10 heteroatoms. The van der Waals surface area contributed by atoms with Gasteiger partial charge in [-0.25, -0.2) is 4.57 Å². The molecule has 0 aromatic heterocycles. The SMILES string of the molecule is CCCCCC/C=C\C/C=C\CCCCCCCCCC(=O)OC(COC(=O)CCCCCCC/C=C\CCCCCCC)COP(=O)(O)OCCN. The van der Waals surface area contributed by atoms with Gasteiger partial charge in [-0.2, -0.15) is 0 Å². The van der Waals surface area contributed by atoms with Gasteiger partial charge in [0.25, 0.3) is 0 Å². The Hall–Kier alpha value is -1.77. The zero-order chi connectivity index (χ0) is 38.9. The number of carbonyl (C=O) groups is 2. The number of hydrogen-bond acceptors (Lipinski definition) is 8. The van der Waals surface area contributed by atoms with Crippen LogP contribution in [0.2, 0.25) is 0 Å². The average molecular weight is 770 g/mol. The molecule has 0 heterocycles. The Bertz CT molecular complexity index is 970. The number of phosphoric ester groups is 1. The largest absolute Gasteiger partial charge is 0.472 e. The molecule has 0 fully saturated rings. The minimum atomic E-state index is -4.38. The number of rotatable bonds is 40. The van der Waals surface area contributed by atoms with Crippen LogP contribution in [0.15, 0.2) is 36.5 Å². The van der Waals surface area contributed by atoms with E-state index in [0.717, 1.165) is 70.6 Å². The van der Waals surface area contributed by atoms with Crippen LogP contribution in [0, 0.1) is 0 Å². The molecule has 0 aliphatic carbocycles. The van der Waals surface area contributed by atoms with Gasteiger partial charge in [-0.05, 0) is 70.6 Å². The van der Waals surface area contributed by atoms with Crippen LogP contribution in [-0.2, 0) is 32.7 Å². The van der Waals surface area contributed by atoms with E-state index in [0.29, 0.717) is 6.42 Å². The Morgan fingerprint density at radius 2 is 0.981 bits per heavy atom. The molecule has 0 amide bonds. The molecule has 0 saturated heterocycles. The maximum absolute atomic E-state index is 12.6. The van der Waals surface area contributed by atoms with Crippen molar-refractivity contribution in [2.45, 2.75) is 200 Å². The lowest BCUT2D eigenvalue weighted by Crippen LogP contribution is -2.29. The van der Waals surface area contributed by atoms with Gasteiger partial charge < -0.3 is 20.1 Å². The summed E-state index contributed by atoms with van der Waals surface area (Å²) < 4.78 is 32.7. The maximum Gasteiger partial charge on any atom is 0.472 e. The van der Waals surface area contributed by atoms with Gasteiger partial charge in [0.2, 0.25) is 0 Å². The molecule has 0 radical (unpaired) electrons. The molecular formula is C43H80NO8P. The van der Waals surface area contributed by atoms with Crippen molar-refractivity contribution in [2.24, 2.45) is 5.73 Å². The first-order valence-corrected chi connectivity index (χ1v) is 23.0. The topological polar surface area (TPSA) is 134 Å². The highest BCUT2D eigenvalue weighted by atomic mass is 31.2. The van der Waals surface area contributed by atoms with E-state index in [1.807, 2.05) is 0 Å². The third-order valence-corrected chi connectivity index (χ3v) is 9.98. The van der Waals surface area contributed by atoms with E-state index in [2.05, 4.69) is 50.3 Å². The number of hydrogen-bond donors (Lipinski definition) is 2. The molecule has 2 atom stereocenters. The lowest BCUT2D eigenvalue weighted by molar-refractivity contribution is -0.161. The number of nitrogens with two attached hydrogens (primary N) is 1. The van der Waals surface area contributed by atoms with Gasteiger partial charge in [-0.15, -0.1) is 0 Å². The number of esters is 2. The van der Waals surface area contributed by atoms with Crippen LogP contribution in [0.4, 0.5) is 0 Å². The van der Waals surface area contributed by atoms with E-state index in [-0.39, 0.29) is 32.6 Å². The van der Waals surface area contributed by atoms with Crippen molar-refractivity contribution in [2.75, 3.05) is 26.4 Å². The van der Waals surface area contributed by atoms with E-state index < -0.39 is 32.5 Å². The summed E-state index contributed by atoms with van der Waals surface area (Å²) in [7, 11) is -4.38. The fraction of sp³-hybridized carbons (Fsp3) is 0.814. The van der Waals surface area contributed by atoms with Gasteiger partial charge in [-0.3, -0.25) is 18.6 Å². The Balaban J connectivity index is 4.18. The van der Waals surface area contributed by atoms with E-state index >= 15 is 0 Å². The second kappa shape index (κ2) is 39.9. The zero-order valence-electron chi connectivity index (χ0n) is 34.0. The highest BCUT2D eigenvalue weighted by Crippen LogP contribution is 2.43. The summed E-state index contributed by atoms with van der Waals surface area (Å²) in [5, 5.41) is 0. The van der Waals surface area contributed by atoms with E-state index in [1.54, 1.807) is 0 Å². The Kier molecular flexibility index (Phi) is 38.6. The number of allylic oxidation sites excluding steroid dienone is 6. The summed E-state index contributed by atoms with van der Waals surface area (Å²) >= 11 is 0. The Labute approximate surface area is 324 Å². The number of unbranched alkanes of at least 4 members (excludes halogenated alkanes) is 21. The monoisotopic (exact) mass is 770 g/mol. The summed E-state index contributed by atoms with van der Waals surface area (Å²) in [5.41, 5.74) is 5.34. The molecule has 0 aromatic carbocycles. The molecule has 2 unspecified atom stereocenters. The van der Waals surface area contributed by atoms with Crippen LogP contribution in [0.1, 0.15) is 194 Å². The molecular weight excluding hydrogens is 689 g/mol. The second-order valence-electron chi connectivity index (χ2n) is 14.2. The van der Waals surface area contributed by atoms with Crippen molar-refractivity contribution in [1.82, 2.24) is 0 Å².